The maximum absolute atomic E-state index is 5.76. The Morgan fingerprint density at radius 3 is 2.81 bits per heavy atom. The van der Waals surface area contributed by atoms with Gasteiger partial charge in [-0.2, -0.15) is 0 Å². The third kappa shape index (κ3) is 6.99. The number of nitrogens with one attached hydrogen (secondary N) is 2. The van der Waals surface area contributed by atoms with Gasteiger partial charge in [-0.3, -0.25) is 4.99 Å². The molecule has 1 aromatic rings. The average molecular weight is 376 g/mol. The summed E-state index contributed by atoms with van der Waals surface area (Å²) in [5, 5.41) is 6.95. The van der Waals surface area contributed by atoms with Crippen LogP contribution in [0.15, 0.2) is 23.3 Å². The van der Waals surface area contributed by atoms with E-state index in [-0.39, 0.29) is 0 Å². The molecule has 0 aromatic carbocycles. The van der Waals surface area contributed by atoms with E-state index >= 15 is 0 Å². The first-order valence-corrected chi connectivity index (χ1v) is 10.0. The first-order chi connectivity index (χ1) is 13.3. The highest BCUT2D eigenvalue weighted by atomic mass is 16.5. The first kappa shape index (κ1) is 19.9. The van der Waals surface area contributed by atoms with Crippen LogP contribution in [0.25, 0.3) is 0 Å². The predicted octanol–water partition coefficient (Wildman–Crippen LogP) is 1.65. The van der Waals surface area contributed by atoms with Crippen LogP contribution in [-0.4, -0.2) is 68.9 Å². The Morgan fingerprint density at radius 1 is 1.30 bits per heavy atom. The topological polar surface area (TPSA) is 71.0 Å². The van der Waals surface area contributed by atoms with Gasteiger partial charge in [0.1, 0.15) is 0 Å². The average Bonchev–Trinajstić information content (AvgIpc) is 3.54. The Bertz CT molecular complexity index is 598. The highest BCUT2D eigenvalue weighted by molar-refractivity contribution is 5.79. The molecule has 1 saturated heterocycles. The van der Waals surface area contributed by atoms with Crippen molar-refractivity contribution in [3.8, 4) is 5.88 Å². The van der Waals surface area contributed by atoms with E-state index in [2.05, 4.69) is 25.5 Å². The normalized spacial score (nSPS) is 19.1. The van der Waals surface area contributed by atoms with Gasteiger partial charge in [0.05, 0.1) is 13.2 Å². The smallest absolute Gasteiger partial charge is 0.213 e. The van der Waals surface area contributed by atoms with Crippen LogP contribution in [0.3, 0.4) is 0 Å². The summed E-state index contributed by atoms with van der Waals surface area (Å²) < 4.78 is 10.9. The number of guanidine groups is 1. The summed E-state index contributed by atoms with van der Waals surface area (Å²) in [7, 11) is 3.58. The molecular formula is C20H33N5O2. The number of hydrogen-bond acceptors (Lipinski definition) is 5. The highest BCUT2D eigenvalue weighted by Gasteiger charge is 2.22. The van der Waals surface area contributed by atoms with Crippen molar-refractivity contribution in [2.75, 3.05) is 47.0 Å². The molecular weight excluding hydrogens is 342 g/mol. The van der Waals surface area contributed by atoms with Crippen molar-refractivity contribution >= 4 is 5.96 Å². The van der Waals surface area contributed by atoms with Gasteiger partial charge in [0.25, 0.3) is 0 Å². The molecule has 0 atom stereocenters. The standard InChI is InChI=1S/C20H33N5O2/c1-21-20(24-18-6-9-25(10-7-18)11-12-26-2)23-14-17-5-8-22-19(13-17)27-15-16-3-4-16/h5,8,13,16,18H,3-4,6-7,9-12,14-15H2,1-2H3,(H2,21,23,24). The van der Waals surface area contributed by atoms with Crippen molar-refractivity contribution in [1.29, 1.82) is 0 Å². The van der Waals surface area contributed by atoms with Gasteiger partial charge in [-0.1, -0.05) is 0 Å². The monoisotopic (exact) mass is 375 g/mol. The Balaban J connectivity index is 1.39. The van der Waals surface area contributed by atoms with Crippen LogP contribution >= 0.6 is 0 Å². The van der Waals surface area contributed by atoms with E-state index in [0.717, 1.165) is 63.1 Å². The maximum Gasteiger partial charge on any atom is 0.213 e. The van der Waals surface area contributed by atoms with Crippen LogP contribution < -0.4 is 15.4 Å². The van der Waals surface area contributed by atoms with Crippen LogP contribution in [0.5, 0.6) is 5.88 Å². The number of ether oxygens (including phenoxy) is 2. The summed E-state index contributed by atoms with van der Waals surface area (Å²) in [5.41, 5.74) is 1.15. The van der Waals surface area contributed by atoms with E-state index in [1.165, 1.54) is 12.8 Å². The number of rotatable bonds is 9. The van der Waals surface area contributed by atoms with Gasteiger partial charge in [0.2, 0.25) is 5.88 Å². The Kier molecular flexibility index (Phi) is 7.71. The van der Waals surface area contributed by atoms with Crippen molar-refractivity contribution < 1.29 is 9.47 Å². The molecule has 2 fully saturated rings. The van der Waals surface area contributed by atoms with E-state index in [1.807, 2.05) is 25.4 Å². The highest BCUT2D eigenvalue weighted by Crippen LogP contribution is 2.29. The number of nitrogens with zero attached hydrogens (tertiary/aromatic N) is 3. The van der Waals surface area contributed by atoms with E-state index in [0.29, 0.717) is 18.5 Å². The Hall–Kier alpha value is -1.86. The second kappa shape index (κ2) is 10.5. The van der Waals surface area contributed by atoms with E-state index < -0.39 is 0 Å². The number of pyridine rings is 1. The lowest BCUT2D eigenvalue weighted by Gasteiger charge is -2.32. The summed E-state index contributed by atoms with van der Waals surface area (Å²) in [6.45, 7) is 5.52. The van der Waals surface area contributed by atoms with Gasteiger partial charge in [-0.25, -0.2) is 4.98 Å². The molecule has 1 aromatic heterocycles. The van der Waals surface area contributed by atoms with Crippen molar-refractivity contribution in [3.05, 3.63) is 23.9 Å². The zero-order valence-corrected chi connectivity index (χ0v) is 16.6. The molecule has 2 heterocycles. The predicted molar refractivity (Wildman–Crippen MR) is 107 cm³/mol. The number of likely N-dealkylation sites (tertiary alicyclic amines) is 1. The fourth-order valence-electron chi connectivity index (χ4n) is 3.22. The molecule has 7 heteroatoms. The van der Waals surface area contributed by atoms with Gasteiger partial charge in [0, 0.05) is 58.6 Å². The largest absolute Gasteiger partial charge is 0.477 e. The van der Waals surface area contributed by atoms with Crippen LogP contribution in [0, 0.1) is 5.92 Å². The van der Waals surface area contributed by atoms with E-state index in [4.69, 9.17) is 9.47 Å². The summed E-state index contributed by atoms with van der Waals surface area (Å²) in [4.78, 5) is 11.1. The molecule has 0 radical (unpaired) electrons. The molecule has 150 valence electrons. The SMILES string of the molecule is CN=C(NCc1ccnc(OCC2CC2)c1)NC1CCN(CCOC)CC1. The number of aliphatic imine (C=N–C) groups is 1. The molecule has 1 saturated carbocycles. The zero-order valence-electron chi connectivity index (χ0n) is 16.6. The lowest BCUT2D eigenvalue weighted by Crippen LogP contribution is -2.48. The molecule has 7 nitrogen and oxygen atoms in total. The lowest BCUT2D eigenvalue weighted by atomic mass is 10.1. The van der Waals surface area contributed by atoms with Gasteiger partial charge < -0.3 is 25.0 Å². The van der Waals surface area contributed by atoms with Gasteiger partial charge in [0.15, 0.2) is 5.96 Å². The fourth-order valence-corrected chi connectivity index (χ4v) is 3.22. The van der Waals surface area contributed by atoms with Crippen LogP contribution in [-0.2, 0) is 11.3 Å². The minimum Gasteiger partial charge on any atom is -0.477 e. The van der Waals surface area contributed by atoms with Gasteiger partial charge in [-0.15, -0.1) is 0 Å². The molecule has 1 aliphatic heterocycles. The first-order valence-electron chi connectivity index (χ1n) is 10.0. The molecule has 2 N–H and O–H groups in total. The molecule has 0 spiro atoms. The molecule has 27 heavy (non-hydrogen) atoms. The third-order valence-electron chi connectivity index (χ3n) is 5.19. The quantitative estimate of drug-likeness (QED) is 0.505. The fraction of sp³-hybridized carbons (Fsp3) is 0.700. The molecule has 2 aliphatic rings. The van der Waals surface area contributed by atoms with Crippen LogP contribution in [0.4, 0.5) is 0 Å². The summed E-state index contributed by atoms with van der Waals surface area (Å²) in [6, 6.07) is 4.49. The third-order valence-corrected chi connectivity index (χ3v) is 5.19. The number of piperidine rings is 1. The van der Waals surface area contributed by atoms with Crippen LogP contribution in [0.1, 0.15) is 31.2 Å². The zero-order chi connectivity index (χ0) is 18.9. The summed E-state index contributed by atoms with van der Waals surface area (Å²) in [6.07, 6.45) is 6.63. The van der Waals surface area contributed by atoms with Crippen LogP contribution in [0.2, 0.25) is 0 Å². The second-order valence-corrected chi connectivity index (χ2v) is 7.44. The molecule has 1 aliphatic carbocycles. The summed E-state index contributed by atoms with van der Waals surface area (Å²) in [5.74, 6) is 2.30. The minimum absolute atomic E-state index is 0.463. The number of methoxy groups -OCH3 is 1. The van der Waals surface area contributed by atoms with Crippen molar-refractivity contribution in [2.45, 2.75) is 38.3 Å². The minimum atomic E-state index is 0.463. The molecule has 0 bridgehead atoms. The number of hydrogen-bond donors (Lipinski definition) is 2. The molecule has 0 amide bonds. The van der Waals surface area contributed by atoms with E-state index in [1.54, 1.807) is 7.11 Å². The van der Waals surface area contributed by atoms with E-state index in [9.17, 15) is 0 Å². The molecule has 0 unspecified atom stereocenters. The van der Waals surface area contributed by atoms with Gasteiger partial charge >= 0.3 is 0 Å². The summed E-state index contributed by atoms with van der Waals surface area (Å²) >= 11 is 0. The van der Waals surface area contributed by atoms with Crippen molar-refractivity contribution in [2.24, 2.45) is 10.9 Å². The molecule has 3 rings (SSSR count). The maximum atomic E-state index is 5.76. The van der Waals surface area contributed by atoms with Crippen molar-refractivity contribution in [3.63, 3.8) is 0 Å². The van der Waals surface area contributed by atoms with Gasteiger partial charge in [-0.05, 0) is 43.2 Å². The second-order valence-electron chi connectivity index (χ2n) is 7.44. The number of aromatic nitrogens is 1. The lowest BCUT2D eigenvalue weighted by molar-refractivity contribution is 0.128. The Morgan fingerprint density at radius 2 is 2.11 bits per heavy atom. The van der Waals surface area contributed by atoms with Crippen molar-refractivity contribution in [1.82, 2.24) is 20.5 Å². The Labute approximate surface area is 162 Å².